The number of unbranched alkanes of at least 4 members (excludes halogenated alkanes) is 45. The lowest BCUT2D eigenvalue weighted by Crippen LogP contribution is -2.30. The van der Waals surface area contributed by atoms with Gasteiger partial charge in [-0.2, -0.15) is 0 Å². The summed E-state index contributed by atoms with van der Waals surface area (Å²) in [5, 5.41) is 0. The van der Waals surface area contributed by atoms with Crippen molar-refractivity contribution in [2.24, 2.45) is 0 Å². The van der Waals surface area contributed by atoms with Crippen LogP contribution in [0.3, 0.4) is 0 Å². The van der Waals surface area contributed by atoms with Crippen LogP contribution >= 0.6 is 0 Å². The van der Waals surface area contributed by atoms with Gasteiger partial charge < -0.3 is 14.2 Å². The molecule has 6 nitrogen and oxygen atoms in total. The third kappa shape index (κ3) is 64.2. The molecular formula is C72H132O6. The fourth-order valence-corrected chi connectivity index (χ4v) is 10.4. The molecule has 0 aromatic heterocycles. The van der Waals surface area contributed by atoms with Crippen LogP contribution in [0.4, 0.5) is 0 Å². The molecule has 0 N–H and O–H groups in total. The van der Waals surface area contributed by atoms with Gasteiger partial charge in [-0.25, -0.2) is 0 Å². The molecule has 0 aliphatic rings. The average molecular weight is 1090 g/mol. The van der Waals surface area contributed by atoms with Crippen molar-refractivity contribution in [1.82, 2.24) is 0 Å². The Balaban J connectivity index is 4.18. The topological polar surface area (TPSA) is 78.9 Å². The van der Waals surface area contributed by atoms with E-state index in [4.69, 9.17) is 14.2 Å². The molecule has 0 amide bonds. The fraction of sp³-hybridized carbons (Fsp3) is 0.847. The van der Waals surface area contributed by atoms with Crippen molar-refractivity contribution in [3.63, 3.8) is 0 Å². The van der Waals surface area contributed by atoms with E-state index in [9.17, 15) is 14.4 Å². The molecule has 0 aliphatic carbocycles. The molecule has 0 aliphatic heterocycles. The van der Waals surface area contributed by atoms with Gasteiger partial charge in [-0.05, 0) is 57.8 Å². The van der Waals surface area contributed by atoms with E-state index in [2.05, 4.69) is 69.4 Å². The zero-order valence-corrected chi connectivity index (χ0v) is 52.5. The molecule has 78 heavy (non-hydrogen) atoms. The quantitative estimate of drug-likeness (QED) is 0.0261. The summed E-state index contributed by atoms with van der Waals surface area (Å²) in [5.41, 5.74) is 0. The lowest BCUT2D eigenvalue weighted by molar-refractivity contribution is -0.167. The molecule has 0 fully saturated rings. The maximum Gasteiger partial charge on any atom is 0.306 e. The average Bonchev–Trinajstić information content (AvgIpc) is 3.44. The largest absolute Gasteiger partial charge is 0.462 e. The molecule has 456 valence electrons. The standard InChI is InChI=1S/C72H132O6/c1-4-7-10-13-16-19-22-24-26-28-30-32-34-35-36-37-38-40-41-43-45-47-50-53-56-59-62-65-71(74)77-68-69(67-76-70(73)64-61-58-55-52-49-21-18-15-12-9-6-3)78-72(75)66-63-60-57-54-51-48-46-44-42-39-33-31-29-27-25-23-20-17-14-11-8-5-2/h7,10,16,19,24,26,30,32,69H,4-6,8-9,11-15,17-18,20-23,25,27-29,31,33-68H2,1-3H3/b10-7-,19-16-,26-24-,32-30-. The molecule has 1 atom stereocenters. The van der Waals surface area contributed by atoms with E-state index < -0.39 is 6.10 Å². The molecular weight excluding hydrogens is 961 g/mol. The highest BCUT2D eigenvalue weighted by atomic mass is 16.6. The van der Waals surface area contributed by atoms with Crippen LogP contribution in [0.5, 0.6) is 0 Å². The summed E-state index contributed by atoms with van der Waals surface area (Å²) >= 11 is 0. The zero-order valence-electron chi connectivity index (χ0n) is 52.5. The summed E-state index contributed by atoms with van der Waals surface area (Å²) in [6.45, 7) is 6.59. The van der Waals surface area contributed by atoms with Gasteiger partial charge in [0, 0.05) is 19.3 Å². The molecule has 1 unspecified atom stereocenters. The van der Waals surface area contributed by atoms with Gasteiger partial charge in [-0.1, -0.05) is 345 Å². The Morgan fingerprint density at radius 1 is 0.269 bits per heavy atom. The molecule has 0 bridgehead atoms. The van der Waals surface area contributed by atoms with Crippen LogP contribution in [0.2, 0.25) is 0 Å². The summed E-state index contributed by atoms with van der Waals surface area (Å²) < 4.78 is 17.0. The van der Waals surface area contributed by atoms with Crippen molar-refractivity contribution >= 4 is 17.9 Å². The molecule has 0 heterocycles. The van der Waals surface area contributed by atoms with Crippen molar-refractivity contribution in [3.8, 4) is 0 Å². The first-order valence-electron chi connectivity index (χ1n) is 34.6. The van der Waals surface area contributed by atoms with Crippen LogP contribution in [0, 0.1) is 0 Å². The number of ether oxygens (including phenoxy) is 3. The van der Waals surface area contributed by atoms with E-state index in [0.717, 1.165) is 83.5 Å². The summed E-state index contributed by atoms with van der Waals surface area (Å²) in [7, 11) is 0. The Morgan fingerprint density at radius 3 is 0.782 bits per heavy atom. The van der Waals surface area contributed by atoms with Crippen molar-refractivity contribution in [3.05, 3.63) is 48.6 Å². The fourth-order valence-electron chi connectivity index (χ4n) is 10.4. The van der Waals surface area contributed by atoms with Gasteiger partial charge in [0.15, 0.2) is 6.10 Å². The van der Waals surface area contributed by atoms with E-state index in [1.165, 1.54) is 250 Å². The summed E-state index contributed by atoms with van der Waals surface area (Å²) in [6.07, 6.45) is 84.3. The summed E-state index contributed by atoms with van der Waals surface area (Å²) in [6, 6.07) is 0. The molecule has 0 rings (SSSR count). The minimum Gasteiger partial charge on any atom is -0.462 e. The van der Waals surface area contributed by atoms with Gasteiger partial charge in [-0.15, -0.1) is 0 Å². The molecule has 0 aromatic rings. The van der Waals surface area contributed by atoms with Gasteiger partial charge in [0.25, 0.3) is 0 Å². The van der Waals surface area contributed by atoms with Gasteiger partial charge in [0.05, 0.1) is 0 Å². The molecule has 0 spiro atoms. The Morgan fingerprint density at radius 2 is 0.500 bits per heavy atom. The van der Waals surface area contributed by atoms with Crippen LogP contribution in [-0.2, 0) is 28.6 Å². The predicted octanol–water partition coefficient (Wildman–Crippen LogP) is 23.7. The first-order valence-corrected chi connectivity index (χ1v) is 34.6. The van der Waals surface area contributed by atoms with E-state index in [1.54, 1.807) is 0 Å². The second-order valence-electron chi connectivity index (χ2n) is 23.4. The predicted molar refractivity (Wildman–Crippen MR) is 339 cm³/mol. The maximum atomic E-state index is 12.9. The molecule has 0 saturated heterocycles. The number of hydrogen-bond acceptors (Lipinski definition) is 6. The molecule has 0 radical (unpaired) electrons. The van der Waals surface area contributed by atoms with Crippen LogP contribution in [0.1, 0.15) is 374 Å². The summed E-state index contributed by atoms with van der Waals surface area (Å²) in [5.74, 6) is -0.840. The van der Waals surface area contributed by atoms with E-state index in [-0.39, 0.29) is 31.1 Å². The van der Waals surface area contributed by atoms with Crippen molar-refractivity contribution < 1.29 is 28.6 Å². The molecule has 0 aromatic carbocycles. The normalized spacial score (nSPS) is 12.3. The minimum absolute atomic E-state index is 0.0665. The Kier molecular flexibility index (Phi) is 64.6. The lowest BCUT2D eigenvalue weighted by atomic mass is 10.0. The molecule has 6 heteroatoms. The van der Waals surface area contributed by atoms with Crippen LogP contribution in [-0.4, -0.2) is 37.2 Å². The van der Waals surface area contributed by atoms with Gasteiger partial charge >= 0.3 is 17.9 Å². The number of rotatable bonds is 64. The van der Waals surface area contributed by atoms with E-state index in [1.807, 2.05) is 0 Å². The monoisotopic (exact) mass is 1090 g/mol. The van der Waals surface area contributed by atoms with Gasteiger partial charge in [0.2, 0.25) is 0 Å². The number of carbonyl (C=O) groups excluding carboxylic acids is 3. The highest BCUT2D eigenvalue weighted by Gasteiger charge is 2.19. The number of esters is 3. The third-order valence-electron chi connectivity index (χ3n) is 15.6. The van der Waals surface area contributed by atoms with Crippen molar-refractivity contribution in [2.45, 2.75) is 380 Å². The number of carbonyl (C=O) groups is 3. The summed E-state index contributed by atoms with van der Waals surface area (Å²) in [4.78, 5) is 38.3. The number of hydrogen-bond donors (Lipinski definition) is 0. The first kappa shape index (κ1) is 75.4. The Bertz CT molecular complexity index is 1350. The third-order valence-corrected chi connectivity index (χ3v) is 15.6. The van der Waals surface area contributed by atoms with Gasteiger partial charge in [0.1, 0.15) is 13.2 Å². The van der Waals surface area contributed by atoms with Crippen LogP contribution in [0.15, 0.2) is 48.6 Å². The highest BCUT2D eigenvalue weighted by Crippen LogP contribution is 2.18. The van der Waals surface area contributed by atoms with Gasteiger partial charge in [-0.3, -0.25) is 14.4 Å². The zero-order chi connectivity index (χ0) is 56.4. The first-order chi connectivity index (χ1) is 38.5. The molecule has 0 saturated carbocycles. The van der Waals surface area contributed by atoms with Crippen LogP contribution < -0.4 is 0 Å². The van der Waals surface area contributed by atoms with E-state index in [0.29, 0.717) is 19.3 Å². The minimum atomic E-state index is -0.769. The lowest BCUT2D eigenvalue weighted by Gasteiger charge is -2.18. The van der Waals surface area contributed by atoms with E-state index >= 15 is 0 Å². The Labute approximate surface area is 486 Å². The number of allylic oxidation sites excluding steroid dienone is 8. The van der Waals surface area contributed by atoms with Crippen LogP contribution in [0.25, 0.3) is 0 Å². The highest BCUT2D eigenvalue weighted by molar-refractivity contribution is 5.71. The second kappa shape index (κ2) is 66.9. The SMILES string of the molecule is CC/C=C\C/C=C\C/C=C\C/C=C\CCCCCCCCCCCCCCCCC(=O)OCC(COC(=O)CCCCCCCCCCCCC)OC(=O)CCCCCCCCCCCCCCCCCCCCCCCC. The van der Waals surface area contributed by atoms with Crippen molar-refractivity contribution in [1.29, 1.82) is 0 Å². The van der Waals surface area contributed by atoms with Crippen molar-refractivity contribution in [2.75, 3.05) is 13.2 Å². The second-order valence-corrected chi connectivity index (χ2v) is 23.4. The Hall–Kier alpha value is -2.63. The maximum absolute atomic E-state index is 12.9. The smallest absolute Gasteiger partial charge is 0.306 e.